The van der Waals surface area contributed by atoms with E-state index in [4.69, 9.17) is 0 Å². The summed E-state index contributed by atoms with van der Waals surface area (Å²) in [5, 5.41) is 11.6. The molecule has 1 aliphatic heterocycles. The summed E-state index contributed by atoms with van der Waals surface area (Å²) in [7, 11) is 0. The Balaban J connectivity index is 1.88. The molecule has 0 spiro atoms. The van der Waals surface area contributed by atoms with Gasteiger partial charge in [-0.05, 0) is 12.1 Å². The van der Waals surface area contributed by atoms with Crippen molar-refractivity contribution in [2.75, 3.05) is 13.1 Å². The third-order valence-electron chi connectivity index (χ3n) is 2.78. The highest BCUT2D eigenvalue weighted by atomic mass is 79.9. The van der Waals surface area contributed by atoms with Gasteiger partial charge in [0.2, 0.25) is 0 Å². The lowest BCUT2D eigenvalue weighted by Gasteiger charge is -2.26. The van der Waals surface area contributed by atoms with Gasteiger partial charge in [-0.25, -0.2) is 4.68 Å². The Hall–Kier alpha value is -1.20. The van der Waals surface area contributed by atoms with Crippen molar-refractivity contribution in [1.82, 2.24) is 20.3 Å². The first kappa shape index (κ1) is 9.99. The van der Waals surface area contributed by atoms with Crippen molar-refractivity contribution in [2.45, 2.75) is 6.04 Å². The molecule has 0 aliphatic carbocycles. The fourth-order valence-corrected chi connectivity index (χ4v) is 1.93. The molecular formula is C11H11BrN4. The highest BCUT2D eigenvalue weighted by Crippen LogP contribution is 2.20. The zero-order valence-corrected chi connectivity index (χ0v) is 10.2. The molecule has 0 amide bonds. The molecule has 3 rings (SSSR count). The van der Waals surface area contributed by atoms with Crippen LogP contribution in [0.4, 0.5) is 0 Å². The van der Waals surface area contributed by atoms with E-state index in [1.165, 1.54) is 0 Å². The molecule has 0 atom stereocenters. The van der Waals surface area contributed by atoms with Crippen molar-refractivity contribution in [1.29, 1.82) is 0 Å². The van der Waals surface area contributed by atoms with Crippen LogP contribution in [-0.4, -0.2) is 28.1 Å². The van der Waals surface area contributed by atoms with E-state index >= 15 is 0 Å². The number of nitrogens with zero attached hydrogens (tertiary/aromatic N) is 3. The van der Waals surface area contributed by atoms with Crippen molar-refractivity contribution < 1.29 is 0 Å². The molecule has 1 fully saturated rings. The largest absolute Gasteiger partial charge is 0.312 e. The van der Waals surface area contributed by atoms with Crippen LogP contribution >= 0.6 is 15.9 Å². The third-order valence-corrected chi connectivity index (χ3v) is 3.31. The first-order valence-electron chi connectivity index (χ1n) is 5.21. The van der Waals surface area contributed by atoms with E-state index in [2.05, 4.69) is 31.6 Å². The number of hydrogen-bond donors (Lipinski definition) is 1. The van der Waals surface area contributed by atoms with Crippen LogP contribution in [0, 0.1) is 0 Å². The van der Waals surface area contributed by atoms with Crippen molar-refractivity contribution >= 4 is 15.9 Å². The Kier molecular flexibility index (Phi) is 2.49. The van der Waals surface area contributed by atoms with Crippen LogP contribution < -0.4 is 5.32 Å². The zero-order valence-electron chi connectivity index (χ0n) is 8.60. The number of benzene rings is 1. The summed E-state index contributed by atoms with van der Waals surface area (Å²) < 4.78 is 3.01. The lowest BCUT2D eigenvalue weighted by atomic mass is 10.1. The van der Waals surface area contributed by atoms with Gasteiger partial charge >= 0.3 is 0 Å². The number of nitrogens with one attached hydrogen (secondary N) is 1. The standard InChI is InChI=1S/C11H11BrN4/c12-9-3-1-8(2-4-9)11-7-16(15-14-11)10-5-13-6-10/h1-4,7,10,13H,5-6H2. The highest BCUT2D eigenvalue weighted by molar-refractivity contribution is 9.10. The van der Waals surface area contributed by atoms with E-state index in [1.54, 1.807) is 0 Å². The molecule has 5 heteroatoms. The van der Waals surface area contributed by atoms with E-state index in [0.717, 1.165) is 28.8 Å². The average Bonchev–Trinajstić information content (AvgIpc) is 2.65. The van der Waals surface area contributed by atoms with Gasteiger partial charge < -0.3 is 5.32 Å². The van der Waals surface area contributed by atoms with Crippen molar-refractivity contribution in [2.24, 2.45) is 0 Å². The maximum absolute atomic E-state index is 4.19. The van der Waals surface area contributed by atoms with E-state index < -0.39 is 0 Å². The van der Waals surface area contributed by atoms with Gasteiger partial charge in [0.25, 0.3) is 0 Å². The Labute approximate surface area is 102 Å². The van der Waals surface area contributed by atoms with Crippen LogP contribution in [0.15, 0.2) is 34.9 Å². The molecule has 0 radical (unpaired) electrons. The topological polar surface area (TPSA) is 42.7 Å². The van der Waals surface area contributed by atoms with Crippen LogP contribution in [0.2, 0.25) is 0 Å². The van der Waals surface area contributed by atoms with Gasteiger partial charge in [-0.1, -0.05) is 33.3 Å². The normalized spacial score (nSPS) is 16.1. The summed E-state index contributed by atoms with van der Waals surface area (Å²) >= 11 is 3.42. The average molecular weight is 279 g/mol. The minimum Gasteiger partial charge on any atom is -0.312 e. The molecule has 0 bridgehead atoms. The van der Waals surface area contributed by atoms with Crippen molar-refractivity contribution in [3.05, 3.63) is 34.9 Å². The molecule has 1 N–H and O–H groups in total. The van der Waals surface area contributed by atoms with Gasteiger partial charge in [0.05, 0.1) is 12.2 Å². The molecule has 1 aromatic heterocycles. The lowest BCUT2D eigenvalue weighted by Crippen LogP contribution is -2.43. The summed E-state index contributed by atoms with van der Waals surface area (Å²) in [5.74, 6) is 0. The second kappa shape index (κ2) is 3.99. The van der Waals surface area contributed by atoms with E-state index in [-0.39, 0.29) is 0 Å². The van der Waals surface area contributed by atoms with Crippen LogP contribution in [0.5, 0.6) is 0 Å². The molecule has 16 heavy (non-hydrogen) atoms. The minimum atomic E-state index is 0.469. The van der Waals surface area contributed by atoms with E-state index in [0.29, 0.717) is 6.04 Å². The molecule has 1 saturated heterocycles. The number of rotatable bonds is 2. The third kappa shape index (κ3) is 1.76. The Bertz CT molecular complexity index is 487. The molecule has 2 heterocycles. The van der Waals surface area contributed by atoms with Crippen molar-refractivity contribution in [3.63, 3.8) is 0 Å². The predicted octanol–water partition coefficient (Wildman–Crippen LogP) is 1.85. The molecule has 0 saturated carbocycles. The summed E-state index contributed by atoms with van der Waals surface area (Å²) in [6.07, 6.45) is 2.01. The van der Waals surface area contributed by atoms with Crippen LogP contribution in [-0.2, 0) is 0 Å². The predicted molar refractivity (Wildman–Crippen MR) is 65.1 cm³/mol. The maximum atomic E-state index is 4.19. The van der Waals surface area contributed by atoms with Gasteiger partial charge in [0.15, 0.2) is 0 Å². The smallest absolute Gasteiger partial charge is 0.113 e. The first-order valence-corrected chi connectivity index (χ1v) is 6.01. The fraction of sp³-hybridized carbons (Fsp3) is 0.273. The highest BCUT2D eigenvalue weighted by Gasteiger charge is 2.20. The van der Waals surface area contributed by atoms with Crippen LogP contribution in [0.1, 0.15) is 6.04 Å². The fourth-order valence-electron chi connectivity index (χ4n) is 1.67. The van der Waals surface area contributed by atoms with Gasteiger partial charge in [-0.3, -0.25) is 0 Å². The molecule has 0 unspecified atom stereocenters. The lowest BCUT2D eigenvalue weighted by molar-refractivity contribution is 0.313. The summed E-state index contributed by atoms with van der Waals surface area (Å²) in [4.78, 5) is 0. The molecule has 82 valence electrons. The Morgan fingerprint density at radius 1 is 1.25 bits per heavy atom. The van der Waals surface area contributed by atoms with Gasteiger partial charge in [-0.2, -0.15) is 0 Å². The van der Waals surface area contributed by atoms with E-state index in [9.17, 15) is 0 Å². The second-order valence-electron chi connectivity index (χ2n) is 3.90. The monoisotopic (exact) mass is 278 g/mol. The quantitative estimate of drug-likeness (QED) is 0.912. The minimum absolute atomic E-state index is 0.469. The SMILES string of the molecule is Brc1ccc(-c2cn(C3CNC3)nn2)cc1. The van der Waals surface area contributed by atoms with Crippen LogP contribution in [0.25, 0.3) is 11.3 Å². The Morgan fingerprint density at radius 2 is 2.00 bits per heavy atom. The maximum Gasteiger partial charge on any atom is 0.113 e. The zero-order chi connectivity index (χ0) is 11.0. The molecular weight excluding hydrogens is 268 g/mol. The first-order chi connectivity index (χ1) is 7.83. The summed E-state index contributed by atoms with van der Waals surface area (Å²) in [6, 6.07) is 8.57. The van der Waals surface area contributed by atoms with Gasteiger partial charge in [-0.15, -0.1) is 5.10 Å². The molecule has 1 aliphatic rings. The van der Waals surface area contributed by atoms with Crippen molar-refractivity contribution in [3.8, 4) is 11.3 Å². The van der Waals surface area contributed by atoms with Crippen LogP contribution in [0.3, 0.4) is 0 Å². The molecule has 1 aromatic carbocycles. The second-order valence-corrected chi connectivity index (χ2v) is 4.82. The number of hydrogen-bond acceptors (Lipinski definition) is 3. The summed E-state index contributed by atoms with van der Waals surface area (Å²) in [5.41, 5.74) is 2.03. The number of aromatic nitrogens is 3. The van der Waals surface area contributed by atoms with Gasteiger partial charge in [0.1, 0.15) is 5.69 Å². The Morgan fingerprint density at radius 3 is 2.62 bits per heavy atom. The summed E-state index contributed by atoms with van der Waals surface area (Å²) in [6.45, 7) is 1.98. The van der Waals surface area contributed by atoms with E-state index in [1.807, 2.05) is 35.1 Å². The number of halogens is 1. The molecule has 2 aromatic rings. The molecule has 4 nitrogen and oxygen atoms in total. The van der Waals surface area contributed by atoms with Gasteiger partial charge in [0, 0.05) is 23.1 Å².